The number of piperidine rings is 1. The van der Waals surface area contributed by atoms with Crippen LogP contribution in [-0.4, -0.2) is 241 Å². The summed E-state index contributed by atoms with van der Waals surface area (Å²) in [5.41, 5.74) is 5.04. The topological polar surface area (TPSA) is 562 Å². The summed E-state index contributed by atoms with van der Waals surface area (Å²) in [7, 11) is 0. The molecule has 3 aliphatic heterocycles. The fraction of sp³-hybridized carbons (Fsp3) is 0.719. The summed E-state index contributed by atoms with van der Waals surface area (Å²) in [5, 5.41) is 64.8. The molecular weight excluding hydrogens is 1330 g/mol. The molecule has 0 bridgehead atoms. The number of rotatable bonds is 26. The SMILES string of the molecule is CCCCCCCCCCC(=O)N[C@H](CC(=O)OC(C)(C)C)C(=O)NC(CC(=O)O)C(=O)NC1C(=O)N2CCCCC2C(=O)NC(C(C)C(=O)O)C(=O)NC(CC(=O)O)C(=O)NCC(=O)NC(CC(=O)O)C(=O)NCC(=O)NC(C(C)N)C(=O)NC(C(C)C)C(=O)N2CCCC2C(=O)NC1C. The summed E-state index contributed by atoms with van der Waals surface area (Å²) >= 11 is 0. The number of carboxylic acid groups (broad SMARTS) is 4. The van der Waals surface area contributed by atoms with E-state index in [1.54, 1.807) is 34.6 Å². The number of nitrogens with two attached hydrogens (primary N) is 1. The molecule has 37 nitrogen and oxygen atoms in total. The van der Waals surface area contributed by atoms with Crippen LogP contribution in [0.2, 0.25) is 0 Å². The summed E-state index contributed by atoms with van der Waals surface area (Å²) in [6.07, 6.45) is 2.77. The maximum absolute atomic E-state index is 15.4. The largest absolute Gasteiger partial charge is 0.481 e. The minimum Gasteiger partial charge on any atom is -0.481 e. The van der Waals surface area contributed by atoms with Crippen LogP contribution < -0.4 is 64.2 Å². The first-order valence-electron chi connectivity index (χ1n) is 34.0. The van der Waals surface area contributed by atoms with Gasteiger partial charge in [-0.1, -0.05) is 65.7 Å². The standard InChI is InChI=1S/C64H102N14O23/c1-10-11-12-13-14-15-16-17-23-42(79)69-39(29-48(88)101-64(7,8)9)55(91)71-38(28-47(86)87)56(92)76-52-35(6)68-57(93)41-22-20-25-78(41)61(97)49(32(2)3)74-60(96)51(34(5)65)73-44(81)31-67-53(89)36(26-45(82)83)70-43(80)30-66-54(90)37(27-46(84)85)72-59(95)50(33(4)63(99)100)75-58(94)40-21-18-19-24-77(40)62(52)98/h32-41,49-52H,10-31,65H2,1-9H3,(H,66,90)(H,67,89)(H,68,93)(H,69,79)(H,70,80)(H,71,91)(H,72,95)(H,73,81)(H,74,96)(H,75,94)(H,76,92)(H,82,83)(H,84,85)(H,86,87)(H,99,100)/t33?,34?,35?,36?,37?,38?,39-,40?,41?,49?,50?,51?,52?/m1/s1. The quantitative estimate of drug-likeness (QED) is 0.0294. The molecule has 12 unspecified atom stereocenters. The maximum Gasteiger partial charge on any atom is 0.308 e. The average molecular weight is 1440 g/mol. The second-order valence-corrected chi connectivity index (χ2v) is 26.9. The third-order valence-electron chi connectivity index (χ3n) is 16.8. The van der Waals surface area contributed by atoms with Crippen molar-refractivity contribution in [3.8, 4) is 0 Å². The van der Waals surface area contributed by atoms with Gasteiger partial charge in [0.15, 0.2) is 0 Å². The fourth-order valence-corrected chi connectivity index (χ4v) is 11.4. The molecule has 101 heavy (non-hydrogen) atoms. The van der Waals surface area contributed by atoms with Crippen molar-refractivity contribution in [2.24, 2.45) is 17.6 Å². The molecule has 13 atom stereocenters. The highest BCUT2D eigenvalue weighted by Crippen LogP contribution is 2.24. The van der Waals surface area contributed by atoms with Gasteiger partial charge in [-0.3, -0.25) is 86.3 Å². The number of carbonyl (C=O) groups excluding carboxylic acids is 14. The van der Waals surface area contributed by atoms with E-state index in [2.05, 4.69) is 49.5 Å². The van der Waals surface area contributed by atoms with Gasteiger partial charge in [0.05, 0.1) is 50.7 Å². The molecule has 3 heterocycles. The van der Waals surface area contributed by atoms with Gasteiger partial charge in [-0.2, -0.15) is 0 Å². The van der Waals surface area contributed by atoms with Crippen molar-refractivity contribution in [3.05, 3.63) is 0 Å². The fourth-order valence-electron chi connectivity index (χ4n) is 11.4. The zero-order chi connectivity index (χ0) is 76.2. The van der Waals surface area contributed by atoms with E-state index in [0.29, 0.717) is 12.8 Å². The Labute approximate surface area is 584 Å². The normalized spacial score (nSPS) is 24.2. The average Bonchev–Trinajstić information content (AvgIpc) is 1.79. The number of amides is 13. The lowest BCUT2D eigenvalue weighted by Gasteiger charge is -2.39. The first-order valence-corrected chi connectivity index (χ1v) is 34.0. The Balaban J connectivity index is 2.24. The molecule has 0 aromatic carbocycles. The van der Waals surface area contributed by atoms with E-state index in [1.807, 2.05) is 16.0 Å². The van der Waals surface area contributed by atoms with Crippen molar-refractivity contribution in [2.45, 2.75) is 256 Å². The van der Waals surface area contributed by atoms with E-state index < -0.39 is 235 Å². The predicted octanol–water partition coefficient (Wildman–Crippen LogP) is -3.60. The molecule has 3 aliphatic rings. The minimum absolute atomic E-state index is 0.0400. The Morgan fingerprint density at radius 2 is 1.05 bits per heavy atom. The first kappa shape index (κ1) is 85.6. The smallest absolute Gasteiger partial charge is 0.308 e. The molecule has 3 fully saturated rings. The lowest BCUT2D eigenvalue weighted by Crippen LogP contribution is -2.66. The van der Waals surface area contributed by atoms with Crippen molar-refractivity contribution in [3.63, 3.8) is 0 Å². The molecule has 0 aromatic rings. The predicted molar refractivity (Wildman–Crippen MR) is 353 cm³/mol. The van der Waals surface area contributed by atoms with E-state index in [-0.39, 0.29) is 51.6 Å². The van der Waals surface area contributed by atoms with Crippen molar-refractivity contribution in [1.82, 2.24) is 68.3 Å². The zero-order valence-electron chi connectivity index (χ0n) is 58.7. The van der Waals surface area contributed by atoms with E-state index >= 15 is 4.79 Å². The van der Waals surface area contributed by atoms with Gasteiger partial charge in [-0.05, 0) is 86.0 Å². The van der Waals surface area contributed by atoms with Crippen LogP contribution in [-0.2, 0) is 91.0 Å². The molecule has 0 aliphatic carbocycles. The highest BCUT2D eigenvalue weighted by atomic mass is 16.6. The Bertz CT molecular complexity index is 3030. The number of hydrogen-bond donors (Lipinski definition) is 16. The van der Waals surface area contributed by atoms with Gasteiger partial charge in [-0.15, -0.1) is 0 Å². The molecular formula is C64H102N14O23. The van der Waals surface area contributed by atoms with Crippen LogP contribution in [0, 0.1) is 11.8 Å². The number of carbonyl (C=O) groups is 18. The number of ether oxygens (including phenoxy) is 1. The molecule has 3 saturated heterocycles. The lowest BCUT2D eigenvalue weighted by molar-refractivity contribution is -0.157. The number of esters is 1. The Morgan fingerprint density at radius 1 is 0.554 bits per heavy atom. The van der Waals surface area contributed by atoms with Crippen LogP contribution in [0.4, 0.5) is 0 Å². The Morgan fingerprint density at radius 3 is 1.58 bits per heavy atom. The first-order chi connectivity index (χ1) is 47.3. The van der Waals surface area contributed by atoms with Crippen LogP contribution in [0.3, 0.4) is 0 Å². The van der Waals surface area contributed by atoms with Crippen molar-refractivity contribution < 1.29 is 111 Å². The van der Waals surface area contributed by atoms with Gasteiger partial charge in [0.2, 0.25) is 76.8 Å². The van der Waals surface area contributed by atoms with Gasteiger partial charge in [0.25, 0.3) is 0 Å². The maximum atomic E-state index is 15.4. The van der Waals surface area contributed by atoms with Gasteiger partial charge >= 0.3 is 29.8 Å². The van der Waals surface area contributed by atoms with Crippen LogP contribution in [0.1, 0.15) is 178 Å². The van der Waals surface area contributed by atoms with E-state index in [1.165, 1.54) is 13.8 Å². The highest BCUT2D eigenvalue weighted by Gasteiger charge is 2.46. The molecule has 0 spiro atoms. The molecule has 13 amide bonds. The van der Waals surface area contributed by atoms with E-state index in [4.69, 9.17) is 10.5 Å². The lowest BCUT2D eigenvalue weighted by atomic mass is 9.96. The van der Waals surface area contributed by atoms with Gasteiger partial charge in [-0.25, -0.2) is 0 Å². The van der Waals surface area contributed by atoms with E-state index in [9.17, 15) is 102 Å². The summed E-state index contributed by atoms with van der Waals surface area (Å²) in [4.78, 5) is 248. The van der Waals surface area contributed by atoms with E-state index in [0.717, 1.165) is 55.2 Å². The minimum atomic E-state index is -2.21. The van der Waals surface area contributed by atoms with Crippen LogP contribution in [0.15, 0.2) is 0 Å². The molecule has 0 saturated carbocycles. The Kier molecular flexibility index (Phi) is 35.0. The third-order valence-corrected chi connectivity index (χ3v) is 16.8. The number of nitrogens with one attached hydrogen (secondary N) is 11. The molecule has 17 N–H and O–H groups in total. The zero-order valence-corrected chi connectivity index (χ0v) is 58.7. The van der Waals surface area contributed by atoms with Crippen LogP contribution >= 0.6 is 0 Å². The van der Waals surface area contributed by atoms with Crippen molar-refractivity contribution in [1.29, 1.82) is 0 Å². The molecule has 0 radical (unpaired) electrons. The van der Waals surface area contributed by atoms with Gasteiger partial charge in [0.1, 0.15) is 66.0 Å². The van der Waals surface area contributed by atoms with Gasteiger partial charge in [0, 0.05) is 25.6 Å². The molecule has 3 rings (SSSR count). The van der Waals surface area contributed by atoms with Crippen molar-refractivity contribution >= 4 is 107 Å². The molecule has 566 valence electrons. The van der Waals surface area contributed by atoms with Crippen LogP contribution in [0.25, 0.3) is 0 Å². The number of nitrogens with zero attached hydrogens (tertiary/aromatic N) is 2. The number of aliphatic carboxylic acids is 4. The summed E-state index contributed by atoms with van der Waals surface area (Å²) in [5.74, 6) is -25.6. The number of carboxylic acids is 4. The second-order valence-electron chi connectivity index (χ2n) is 26.9. The van der Waals surface area contributed by atoms with Gasteiger partial charge < -0.3 is 99.2 Å². The summed E-state index contributed by atoms with van der Waals surface area (Å²) in [6.45, 7) is 10.7. The summed E-state index contributed by atoms with van der Waals surface area (Å²) < 4.78 is 5.42. The van der Waals surface area contributed by atoms with Crippen molar-refractivity contribution in [2.75, 3.05) is 26.2 Å². The monoisotopic (exact) mass is 1430 g/mol. The van der Waals surface area contributed by atoms with Crippen LogP contribution in [0.5, 0.6) is 0 Å². The molecule has 37 heteroatoms. The number of hydrogen-bond acceptors (Lipinski definition) is 20. The second kappa shape index (κ2) is 41.2. The number of fused-ring (bicyclic) bond motifs is 2. The molecule has 0 aromatic heterocycles. The Hall–Kier alpha value is -9.58. The summed E-state index contributed by atoms with van der Waals surface area (Å²) in [6, 6.07) is -21.3. The highest BCUT2D eigenvalue weighted by molar-refractivity contribution is 6.02. The number of unbranched alkanes of at least 4 members (excludes halogenated alkanes) is 7. The third kappa shape index (κ3) is 28.9.